The number of hydrogen-bond donors (Lipinski definition) is 0. The Morgan fingerprint density at radius 2 is 1.76 bits per heavy atom. The zero-order chi connectivity index (χ0) is 27.5. The monoisotopic (exact) mass is 542 g/mol. The first-order valence-corrected chi connectivity index (χ1v) is 18.8. The van der Waals surface area contributed by atoms with E-state index in [4.69, 9.17) is 13.9 Å². The summed E-state index contributed by atoms with van der Waals surface area (Å²) in [5.41, 5.74) is 1.70. The maximum Gasteiger partial charge on any atom is 0.192 e. The van der Waals surface area contributed by atoms with Crippen molar-refractivity contribution in [3.05, 3.63) is 11.6 Å². The number of allylic oxidation sites excluding steroid dienone is 1. The maximum absolute atomic E-state index is 14.0. The van der Waals surface area contributed by atoms with Gasteiger partial charge in [-0.15, -0.1) is 0 Å². The fraction of sp³-hybridized carbons (Fsp3) is 0.909. The predicted molar refractivity (Wildman–Crippen MR) is 154 cm³/mol. The van der Waals surface area contributed by atoms with Crippen LogP contribution in [0.4, 0.5) is 0 Å². The van der Waals surface area contributed by atoms with Crippen LogP contribution < -0.4 is 0 Å². The highest BCUT2D eigenvalue weighted by molar-refractivity contribution is 6.74. The van der Waals surface area contributed by atoms with Gasteiger partial charge in [0.25, 0.3) is 0 Å². The van der Waals surface area contributed by atoms with Gasteiger partial charge < -0.3 is 13.9 Å². The van der Waals surface area contributed by atoms with Crippen molar-refractivity contribution in [2.24, 2.45) is 46.3 Å². The summed E-state index contributed by atoms with van der Waals surface area (Å²) in [6.45, 7) is 22.2. The molecular weight excluding hydrogens is 488 g/mol. The number of carbonyl (C=O) groups excluding carboxylic acids is 1. The van der Waals surface area contributed by atoms with Gasteiger partial charge in [-0.3, -0.25) is 4.79 Å². The van der Waals surface area contributed by atoms with Crippen LogP contribution in [0.25, 0.3) is 0 Å². The van der Waals surface area contributed by atoms with E-state index in [0.29, 0.717) is 35.4 Å². The van der Waals surface area contributed by atoms with Crippen LogP contribution in [-0.4, -0.2) is 38.7 Å². The Morgan fingerprint density at radius 1 is 1.03 bits per heavy atom. The lowest BCUT2D eigenvalue weighted by Crippen LogP contribution is -2.55. The Morgan fingerprint density at radius 3 is 2.42 bits per heavy atom. The molecule has 2 saturated heterocycles. The lowest BCUT2D eigenvalue weighted by Gasteiger charge is -2.58. The average molecular weight is 543 g/mol. The van der Waals surface area contributed by atoms with E-state index in [2.05, 4.69) is 67.6 Å². The summed E-state index contributed by atoms with van der Waals surface area (Å²) in [7, 11) is -1.83. The number of rotatable bonds is 2. The Hall–Kier alpha value is -0.493. The fourth-order valence-corrected chi connectivity index (χ4v) is 11.5. The van der Waals surface area contributed by atoms with Gasteiger partial charge in [0.1, 0.15) is 0 Å². The second-order valence-corrected chi connectivity index (χ2v) is 21.2. The molecule has 1 unspecified atom stereocenters. The Kier molecular flexibility index (Phi) is 6.37. The van der Waals surface area contributed by atoms with Crippen molar-refractivity contribution in [1.82, 2.24) is 0 Å². The zero-order valence-electron chi connectivity index (χ0n) is 25.7. The van der Waals surface area contributed by atoms with Crippen LogP contribution in [0, 0.1) is 46.3 Å². The Bertz CT molecular complexity index is 1000. The van der Waals surface area contributed by atoms with E-state index in [0.717, 1.165) is 38.7 Å². The molecule has 1 spiro atoms. The van der Waals surface area contributed by atoms with Crippen molar-refractivity contribution in [3.8, 4) is 0 Å². The lowest BCUT2D eigenvalue weighted by molar-refractivity contribution is -0.272. The van der Waals surface area contributed by atoms with Gasteiger partial charge in [0.05, 0.1) is 12.7 Å². The van der Waals surface area contributed by atoms with Crippen LogP contribution in [0.2, 0.25) is 18.1 Å². The molecular formula is C33H54O4Si. The minimum absolute atomic E-state index is 0.140. The molecule has 3 saturated carbocycles. The SMILES string of the molecule is CC1CC[C@@]2(OC1)O[C@H]1C[C@H]3[C@@H]4C(=O)C=C5C[C@@H](O[Si](C)(C)C(C)(C)C)CC[C@]5(C)[C@H]4CC[C@]3(C)[C@H]1[C@@H]2C. The molecule has 6 aliphatic rings. The number of carbonyl (C=O) groups is 1. The molecule has 5 fully saturated rings. The molecule has 0 amide bonds. The molecule has 6 rings (SSSR count). The van der Waals surface area contributed by atoms with Crippen molar-refractivity contribution in [2.45, 2.75) is 136 Å². The van der Waals surface area contributed by atoms with Gasteiger partial charge in [0.15, 0.2) is 19.9 Å². The van der Waals surface area contributed by atoms with Crippen LogP contribution in [0.15, 0.2) is 11.6 Å². The van der Waals surface area contributed by atoms with E-state index < -0.39 is 8.32 Å². The Balaban J connectivity index is 1.23. The summed E-state index contributed by atoms with van der Waals surface area (Å²) in [5.74, 6) is 2.61. The summed E-state index contributed by atoms with van der Waals surface area (Å²) >= 11 is 0. The second kappa shape index (κ2) is 8.75. The van der Waals surface area contributed by atoms with Gasteiger partial charge in [-0.2, -0.15) is 0 Å². The van der Waals surface area contributed by atoms with Gasteiger partial charge in [0.2, 0.25) is 0 Å². The van der Waals surface area contributed by atoms with E-state index in [1.807, 2.05) is 0 Å². The summed E-state index contributed by atoms with van der Waals surface area (Å²) in [6.07, 6.45) is 11.5. The summed E-state index contributed by atoms with van der Waals surface area (Å²) < 4.78 is 20.3. The third-order valence-corrected chi connectivity index (χ3v) is 18.0. The summed E-state index contributed by atoms with van der Waals surface area (Å²) in [4.78, 5) is 14.0. The number of ketones is 1. The van der Waals surface area contributed by atoms with Crippen molar-refractivity contribution in [3.63, 3.8) is 0 Å². The second-order valence-electron chi connectivity index (χ2n) is 16.5. The van der Waals surface area contributed by atoms with Crippen LogP contribution in [0.5, 0.6) is 0 Å². The molecule has 2 aliphatic heterocycles. The Labute approximate surface area is 233 Å². The molecule has 0 aromatic heterocycles. The van der Waals surface area contributed by atoms with Gasteiger partial charge in [-0.05, 0) is 104 Å². The third-order valence-electron chi connectivity index (χ3n) is 13.4. The molecule has 4 aliphatic carbocycles. The molecule has 0 N–H and O–H groups in total. The summed E-state index contributed by atoms with van der Waals surface area (Å²) in [6, 6.07) is 0. The molecule has 4 nitrogen and oxygen atoms in total. The fourth-order valence-electron chi connectivity index (χ4n) is 10.1. The molecule has 0 aromatic rings. The molecule has 0 radical (unpaired) electrons. The average Bonchev–Trinajstić information content (AvgIpc) is 3.26. The van der Waals surface area contributed by atoms with Gasteiger partial charge in [-0.1, -0.05) is 54.0 Å². The highest BCUT2D eigenvalue weighted by atomic mass is 28.4. The molecule has 214 valence electrons. The minimum atomic E-state index is -1.83. The van der Waals surface area contributed by atoms with Crippen LogP contribution in [0.3, 0.4) is 0 Å². The van der Waals surface area contributed by atoms with Crippen LogP contribution in [0.1, 0.15) is 99.8 Å². The first kappa shape index (κ1) is 27.7. The smallest absolute Gasteiger partial charge is 0.192 e. The molecule has 0 bridgehead atoms. The van der Waals surface area contributed by atoms with Gasteiger partial charge >= 0.3 is 0 Å². The standard InChI is InChI=1S/C33H54O4Si/c1-20-10-15-33(35-19-20)21(2)29-27(36-33)18-25-28-24(12-14-32(25,29)7)31(6)13-11-23(16-22(31)17-26(28)34)37-38(8,9)30(3,4)5/h17,20-21,23-25,27-29H,10-16,18-19H2,1-9H3/t20?,21-,23-,24-,25-,27-,28+,29-,31-,32-,33+/m0/s1. The number of ether oxygens (including phenoxy) is 2. The topological polar surface area (TPSA) is 44.8 Å². The third kappa shape index (κ3) is 3.87. The first-order chi connectivity index (χ1) is 17.6. The lowest BCUT2D eigenvalue weighted by atomic mass is 9.46. The largest absolute Gasteiger partial charge is 0.414 e. The van der Waals surface area contributed by atoms with Crippen LogP contribution >= 0.6 is 0 Å². The van der Waals surface area contributed by atoms with E-state index >= 15 is 0 Å². The van der Waals surface area contributed by atoms with Gasteiger partial charge in [0, 0.05) is 24.4 Å². The van der Waals surface area contributed by atoms with Crippen molar-refractivity contribution in [2.75, 3.05) is 6.61 Å². The highest BCUT2D eigenvalue weighted by Crippen LogP contribution is 2.70. The van der Waals surface area contributed by atoms with Crippen LogP contribution in [-0.2, 0) is 18.7 Å². The molecule has 0 aromatic carbocycles. The van der Waals surface area contributed by atoms with E-state index in [1.54, 1.807) is 0 Å². The minimum Gasteiger partial charge on any atom is -0.414 e. The maximum atomic E-state index is 14.0. The van der Waals surface area contributed by atoms with Gasteiger partial charge in [-0.25, -0.2) is 0 Å². The predicted octanol–water partition coefficient (Wildman–Crippen LogP) is 7.92. The quantitative estimate of drug-likeness (QED) is 0.332. The molecule has 11 atom stereocenters. The van der Waals surface area contributed by atoms with E-state index in [9.17, 15) is 4.79 Å². The molecule has 5 heteroatoms. The number of fused-ring (bicyclic) bond motifs is 7. The summed E-state index contributed by atoms with van der Waals surface area (Å²) in [5, 5.41) is 0.211. The molecule has 38 heavy (non-hydrogen) atoms. The van der Waals surface area contributed by atoms with Crippen molar-refractivity contribution < 1.29 is 18.7 Å². The van der Waals surface area contributed by atoms with Crippen molar-refractivity contribution in [1.29, 1.82) is 0 Å². The normalized spacial score (nSPS) is 50.8. The molecule has 2 heterocycles. The first-order valence-electron chi connectivity index (χ1n) is 15.9. The van der Waals surface area contributed by atoms with E-state index in [1.165, 1.54) is 24.8 Å². The van der Waals surface area contributed by atoms with E-state index in [-0.39, 0.29) is 39.8 Å². The zero-order valence-corrected chi connectivity index (χ0v) is 26.7. The van der Waals surface area contributed by atoms with Crippen molar-refractivity contribution >= 4 is 14.1 Å². The number of hydrogen-bond acceptors (Lipinski definition) is 4. The highest BCUT2D eigenvalue weighted by Gasteiger charge is 2.69.